The van der Waals surface area contributed by atoms with Gasteiger partial charge >= 0.3 is 5.97 Å². The number of sulfonamides is 1. The maximum Gasteiger partial charge on any atom is 0.316 e. The van der Waals surface area contributed by atoms with E-state index in [1.54, 1.807) is 48.5 Å². The van der Waals surface area contributed by atoms with Crippen molar-refractivity contribution in [2.24, 2.45) is 0 Å². The van der Waals surface area contributed by atoms with Gasteiger partial charge in [0.1, 0.15) is 5.75 Å². The van der Waals surface area contributed by atoms with Crippen molar-refractivity contribution in [3.8, 4) is 5.75 Å². The lowest BCUT2D eigenvalue weighted by molar-refractivity contribution is -0.137. The Hall–Kier alpha value is -3.16. The zero-order valence-corrected chi connectivity index (χ0v) is 20.4. The molecule has 0 spiro atoms. The van der Waals surface area contributed by atoms with Gasteiger partial charge in [-0.2, -0.15) is 0 Å². The zero-order chi connectivity index (χ0) is 24.1. The van der Waals surface area contributed by atoms with Crippen molar-refractivity contribution < 1.29 is 27.5 Å². The van der Waals surface area contributed by atoms with Gasteiger partial charge < -0.3 is 9.47 Å². The number of nitrogens with zero attached hydrogens (tertiary/aromatic N) is 3. The van der Waals surface area contributed by atoms with Crippen molar-refractivity contribution in [1.29, 1.82) is 0 Å². The Kier molecular flexibility index (Phi) is 7.34. The molecule has 0 saturated heterocycles. The van der Waals surface area contributed by atoms with Crippen molar-refractivity contribution in [3.05, 3.63) is 60.2 Å². The van der Waals surface area contributed by atoms with Crippen molar-refractivity contribution >= 4 is 55.8 Å². The molecule has 2 aromatic carbocycles. The second-order valence-corrected chi connectivity index (χ2v) is 11.2. The minimum absolute atomic E-state index is 0.0653. The highest BCUT2D eigenvalue weighted by molar-refractivity contribution is 8.01. The third-order valence-corrected chi connectivity index (χ3v) is 8.39. The maximum absolute atomic E-state index is 13.3. The number of benzene rings is 2. The third kappa shape index (κ3) is 5.66. The summed E-state index contributed by atoms with van der Waals surface area (Å²) < 4.78 is 38.6. The number of rotatable bonds is 8. The quantitative estimate of drug-likeness (QED) is 0.271. The van der Waals surface area contributed by atoms with E-state index in [0.29, 0.717) is 15.6 Å². The number of amides is 1. The minimum atomic E-state index is -3.80. The largest absolute Gasteiger partial charge is 0.476 e. The molecule has 1 aromatic heterocycles. The summed E-state index contributed by atoms with van der Waals surface area (Å²) >= 11 is 2.22. The van der Waals surface area contributed by atoms with Crippen molar-refractivity contribution in [1.82, 2.24) is 10.2 Å². The SMILES string of the molecule is COC(=O)CSc1nnc(NC(=O)[C@@H]2CN(S(=O)(=O)Cc3ccccc3)c3ccccc3O2)s1. The summed E-state index contributed by atoms with van der Waals surface area (Å²) in [5, 5.41) is 10.6. The summed E-state index contributed by atoms with van der Waals surface area (Å²) in [6.07, 6.45) is -1.10. The lowest BCUT2D eigenvalue weighted by Crippen LogP contribution is -2.49. The van der Waals surface area contributed by atoms with E-state index in [9.17, 15) is 18.0 Å². The highest BCUT2D eigenvalue weighted by atomic mass is 32.2. The van der Waals surface area contributed by atoms with E-state index in [2.05, 4.69) is 20.3 Å². The van der Waals surface area contributed by atoms with Crippen LogP contribution in [0.3, 0.4) is 0 Å². The summed E-state index contributed by atoms with van der Waals surface area (Å²) in [5.41, 5.74) is 1.01. The summed E-state index contributed by atoms with van der Waals surface area (Å²) in [5.74, 6) is -0.826. The molecular formula is C21H20N4O6S3. The zero-order valence-electron chi connectivity index (χ0n) is 17.9. The van der Waals surface area contributed by atoms with E-state index in [-0.39, 0.29) is 28.9 Å². The standard InChI is InChI=1S/C21H20N4O6S3/c1-30-18(26)12-32-21-24-23-20(33-21)22-19(27)17-11-25(15-9-5-6-10-16(15)31-17)34(28,29)13-14-7-3-2-4-8-14/h2-10,17H,11-13H2,1H3,(H,22,23,27)/t17-/m0/s1. The number of thioether (sulfide) groups is 1. The van der Waals surface area contributed by atoms with E-state index in [1.165, 1.54) is 11.4 Å². The molecule has 10 nitrogen and oxygen atoms in total. The first-order chi connectivity index (χ1) is 16.4. The van der Waals surface area contributed by atoms with Gasteiger partial charge in [-0.05, 0) is 17.7 Å². The molecule has 0 aliphatic carbocycles. The van der Waals surface area contributed by atoms with Gasteiger partial charge in [0.2, 0.25) is 15.2 Å². The molecule has 0 unspecified atom stereocenters. The first-order valence-electron chi connectivity index (χ1n) is 10.00. The van der Waals surface area contributed by atoms with Gasteiger partial charge in [-0.25, -0.2) is 8.42 Å². The van der Waals surface area contributed by atoms with E-state index in [4.69, 9.17) is 4.74 Å². The summed E-state index contributed by atoms with van der Waals surface area (Å²) in [7, 11) is -2.51. The van der Waals surface area contributed by atoms with E-state index in [0.717, 1.165) is 23.1 Å². The van der Waals surface area contributed by atoms with Crippen LogP contribution in [0.5, 0.6) is 5.75 Å². The van der Waals surface area contributed by atoms with Gasteiger partial charge in [0.15, 0.2) is 10.4 Å². The summed E-state index contributed by atoms with van der Waals surface area (Å²) in [6, 6.07) is 15.5. The minimum Gasteiger partial charge on any atom is -0.476 e. The molecule has 1 atom stereocenters. The number of anilines is 2. The first kappa shape index (κ1) is 24.0. The molecule has 34 heavy (non-hydrogen) atoms. The fourth-order valence-corrected chi connectivity index (χ4v) is 6.32. The Balaban J connectivity index is 1.50. The van der Waals surface area contributed by atoms with Crippen LogP contribution in [0.15, 0.2) is 58.9 Å². The number of carbonyl (C=O) groups is 2. The molecule has 13 heteroatoms. The van der Waals surface area contributed by atoms with E-state index >= 15 is 0 Å². The van der Waals surface area contributed by atoms with Gasteiger partial charge in [-0.3, -0.25) is 19.2 Å². The van der Waals surface area contributed by atoms with Crippen LogP contribution in [0.4, 0.5) is 10.8 Å². The number of carbonyl (C=O) groups excluding carboxylic acids is 2. The average Bonchev–Trinajstić information content (AvgIpc) is 3.29. The molecule has 0 bridgehead atoms. The van der Waals surface area contributed by atoms with Crippen LogP contribution in [-0.2, 0) is 30.1 Å². The predicted octanol–water partition coefficient (Wildman–Crippen LogP) is 2.54. The number of aromatic nitrogens is 2. The van der Waals surface area contributed by atoms with Crippen LogP contribution in [0.1, 0.15) is 5.56 Å². The van der Waals surface area contributed by atoms with Crippen molar-refractivity contribution in [2.45, 2.75) is 16.2 Å². The molecule has 0 radical (unpaired) electrons. The maximum atomic E-state index is 13.3. The topological polar surface area (TPSA) is 128 Å². The highest BCUT2D eigenvalue weighted by Crippen LogP contribution is 2.36. The Bertz CT molecular complexity index is 1280. The lowest BCUT2D eigenvalue weighted by atomic mass is 10.2. The third-order valence-electron chi connectivity index (χ3n) is 4.73. The number of methoxy groups -OCH3 is 1. The normalized spacial score (nSPS) is 15.2. The van der Waals surface area contributed by atoms with Crippen LogP contribution in [0.25, 0.3) is 0 Å². The molecule has 3 aromatic rings. The molecule has 1 aliphatic rings. The Morgan fingerprint density at radius 3 is 2.68 bits per heavy atom. The molecular weight excluding hydrogens is 500 g/mol. The first-order valence-corrected chi connectivity index (χ1v) is 13.4. The van der Waals surface area contributed by atoms with Gasteiger partial charge in [0, 0.05) is 0 Å². The fraction of sp³-hybridized carbons (Fsp3) is 0.238. The van der Waals surface area contributed by atoms with Crippen LogP contribution < -0.4 is 14.4 Å². The second kappa shape index (κ2) is 10.4. The molecule has 4 rings (SSSR count). The van der Waals surface area contributed by atoms with Gasteiger partial charge in [0.25, 0.3) is 5.91 Å². The highest BCUT2D eigenvalue weighted by Gasteiger charge is 2.37. The number of para-hydroxylation sites is 2. The average molecular weight is 521 g/mol. The Morgan fingerprint density at radius 1 is 1.18 bits per heavy atom. The second-order valence-electron chi connectivity index (χ2n) is 7.07. The number of hydrogen-bond acceptors (Lipinski definition) is 10. The Morgan fingerprint density at radius 2 is 1.91 bits per heavy atom. The molecule has 2 heterocycles. The van der Waals surface area contributed by atoms with Gasteiger partial charge in [0.05, 0.1) is 30.8 Å². The smallest absolute Gasteiger partial charge is 0.316 e. The van der Waals surface area contributed by atoms with Gasteiger partial charge in [-0.1, -0.05) is 65.6 Å². The predicted molar refractivity (Wildman–Crippen MR) is 129 cm³/mol. The molecule has 178 valence electrons. The van der Waals surface area contributed by atoms with E-state index in [1.807, 2.05) is 6.07 Å². The number of ether oxygens (including phenoxy) is 2. The van der Waals surface area contributed by atoms with Crippen LogP contribution >= 0.6 is 23.1 Å². The van der Waals surface area contributed by atoms with Gasteiger partial charge in [-0.15, -0.1) is 10.2 Å². The number of fused-ring (bicyclic) bond motifs is 1. The fourth-order valence-electron chi connectivity index (χ4n) is 3.15. The molecule has 0 fully saturated rings. The van der Waals surface area contributed by atoms with Crippen LogP contribution in [-0.4, -0.2) is 56.0 Å². The van der Waals surface area contributed by atoms with E-state index < -0.39 is 28.0 Å². The molecule has 1 amide bonds. The summed E-state index contributed by atoms with van der Waals surface area (Å²) in [6.45, 7) is -0.194. The number of hydrogen-bond donors (Lipinski definition) is 1. The van der Waals surface area contributed by atoms with Crippen molar-refractivity contribution in [3.63, 3.8) is 0 Å². The molecule has 1 N–H and O–H groups in total. The number of nitrogens with one attached hydrogen (secondary N) is 1. The Labute approximate surface area is 204 Å². The van der Waals surface area contributed by atoms with Crippen molar-refractivity contribution in [2.75, 3.05) is 29.0 Å². The lowest BCUT2D eigenvalue weighted by Gasteiger charge is -2.34. The summed E-state index contributed by atoms with van der Waals surface area (Å²) in [4.78, 5) is 24.2. The van der Waals surface area contributed by atoms with Crippen LogP contribution in [0.2, 0.25) is 0 Å². The van der Waals surface area contributed by atoms with Crippen LogP contribution in [0, 0.1) is 0 Å². The monoisotopic (exact) mass is 520 g/mol. The molecule has 1 aliphatic heterocycles. The number of esters is 1. The molecule has 0 saturated carbocycles.